The van der Waals surface area contributed by atoms with Gasteiger partial charge in [0, 0.05) is 64.5 Å². The van der Waals surface area contributed by atoms with E-state index < -0.39 is 0 Å². The van der Waals surface area contributed by atoms with Crippen LogP contribution < -0.4 is 10.2 Å². The molecule has 29 heavy (non-hydrogen) atoms. The highest BCUT2D eigenvalue weighted by Gasteiger charge is 2.26. The first-order valence-corrected chi connectivity index (χ1v) is 10.0. The molecular weight excluding hydrogens is 366 g/mol. The standard InChI is InChI=1S/C22H27N5O2/c1-25(2)22(29)27-10-8-18-16(14-27)12-23-13-19(18)21(28)24-17-6-7-20-15(11-17)5-4-9-26(20)3/h6-7,11-13H,4-5,8-10,14H2,1-3H3,(H,24,28). The fourth-order valence-corrected chi connectivity index (χ4v) is 4.20. The highest BCUT2D eigenvalue weighted by atomic mass is 16.2. The van der Waals surface area contributed by atoms with Crippen LogP contribution in [0.1, 0.15) is 33.5 Å². The van der Waals surface area contributed by atoms with Crippen LogP contribution >= 0.6 is 0 Å². The van der Waals surface area contributed by atoms with Crippen molar-refractivity contribution in [2.75, 3.05) is 44.4 Å². The van der Waals surface area contributed by atoms with E-state index >= 15 is 0 Å². The van der Waals surface area contributed by atoms with Crippen molar-refractivity contribution < 1.29 is 9.59 Å². The van der Waals surface area contributed by atoms with Crippen LogP contribution in [0.25, 0.3) is 0 Å². The van der Waals surface area contributed by atoms with Crippen LogP contribution in [0.5, 0.6) is 0 Å². The molecule has 3 amide bonds. The molecule has 0 fully saturated rings. The zero-order valence-corrected chi connectivity index (χ0v) is 17.2. The number of carbonyl (C=O) groups excluding carboxylic acids is 2. The van der Waals surface area contributed by atoms with E-state index in [9.17, 15) is 9.59 Å². The van der Waals surface area contributed by atoms with Gasteiger partial charge < -0.3 is 20.0 Å². The van der Waals surface area contributed by atoms with E-state index in [4.69, 9.17) is 0 Å². The first-order valence-electron chi connectivity index (χ1n) is 10.0. The number of urea groups is 1. The molecule has 0 saturated heterocycles. The quantitative estimate of drug-likeness (QED) is 0.852. The highest BCUT2D eigenvalue weighted by molar-refractivity contribution is 6.05. The number of nitrogens with one attached hydrogen (secondary N) is 1. The number of hydrogen-bond donors (Lipinski definition) is 1. The average Bonchev–Trinajstić information content (AvgIpc) is 2.72. The normalized spacial score (nSPS) is 15.4. The second-order valence-corrected chi connectivity index (χ2v) is 8.00. The molecule has 7 heteroatoms. The molecule has 2 aliphatic heterocycles. The summed E-state index contributed by atoms with van der Waals surface area (Å²) >= 11 is 0. The van der Waals surface area contributed by atoms with Gasteiger partial charge in [0.1, 0.15) is 0 Å². The zero-order valence-electron chi connectivity index (χ0n) is 17.2. The molecule has 0 aliphatic carbocycles. The Morgan fingerprint density at radius 2 is 1.93 bits per heavy atom. The number of aryl methyl sites for hydroxylation is 1. The lowest BCUT2D eigenvalue weighted by Gasteiger charge is -2.31. The van der Waals surface area contributed by atoms with Gasteiger partial charge in [-0.3, -0.25) is 9.78 Å². The van der Waals surface area contributed by atoms with E-state index in [1.165, 1.54) is 11.3 Å². The van der Waals surface area contributed by atoms with E-state index in [0.717, 1.165) is 36.2 Å². The Bertz CT molecular complexity index is 956. The van der Waals surface area contributed by atoms with Crippen molar-refractivity contribution in [1.29, 1.82) is 0 Å². The molecule has 0 atom stereocenters. The van der Waals surface area contributed by atoms with Crippen LogP contribution in [0, 0.1) is 0 Å². The third kappa shape index (κ3) is 3.77. The van der Waals surface area contributed by atoms with Gasteiger partial charge in [0.15, 0.2) is 0 Å². The minimum atomic E-state index is -0.147. The summed E-state index contributed by atoms with van der Waals surface area (Å²) < 4.78 is 0. The maximum Gasteiger partial charge on any atom is 0.319 e. The van der Waals surface area contributed by atoms with Gasteiger partial charge >= 0.3 is 6.03 Å². The molecule has 0 saturated carbocycles. The Labute approximate surface area is 171 Å². The molecule has 1 N–H and O–H groups in total. The Kier molecular flexibility index (Phi) is 5.13. The number of fused-ring (bicyclic) bond motifs is 2. The molecule has 3 heterocycles. The number of carbonyl (C=O) groups is 2. The molecule has 0 unspecified atom stereocenters. The van der Waals surface area contributed by atoms with E-state index in [2.05, 4.69) is 34.4 Å². The summed E-state index contributed by atoms with van der Waals surface area (Å²) in [6, 6.07) is 6.08. The summed E-state index contributed by atoms with van der Waals surface area (Å²) in [4.78, 5) is 35.1. The lowest BCUT2D eigenvalue weighted by atomic mass is 9.96. The fraction of sp³-hybridized carbons (Fsp3) is 0.409. The van der Waals surface area contributed by atoms with Crippen molar-refractivity contribution in [2.24, 2.45) is 0 Å². The third-order valence-corrected chi connectivity index (χ3v) is 5.73. The van der Waals surface area contributed by atoms with E-state index in [0.29, 0.717) is 25.1 Å². The minimum Gasteiger partial charge on any atom is -0.374 e. The first kappa shape index (κ1) is 19.2. The van der Waals surface area contributed by atoms with E-state index in [1.54, 1.807) is 36.3 Å². The fourth-order valence-electron chi connectivity index (χ4n) is 4.20. The van der Waals surface area contributed by atoms with Crippen LogP contribution in [-0.2, 0) is 19.4 Å². The molecule has 7 nitrogen and oxygen atoms in total. The molecule has 1 aromatic heterocycles. The lowest BCUT2D eigenvalue weighted by molar-refractivity contribution is 0.102. The SMILES string of the molecule is CN(C)C(=O)N1CCc2c(cncc2C(=O)Nc2ccc3c(c2)CCCN3C)C1. The van der Waals surface area contributed by atoms with Gasteiger partial charge in [-0.25, -0.2) is 4.79 Å². The second kappa shape index (κ2) is 7.73. The Balaban J connectivity index is 1.54. The molecular formula is C22H27N5O2. The van der Waals surface area contributed by atoms with Gasteiger partial charge in [-0.2, -0.15) is 0 Å². The number of aromatic nitrogens is 1. The predicted octanol–water partition coefficient (Wildman–Crippen LogP) is 2.76. The number of pyridine rings is 1. The van der Waals surface area contributed by atoms with Gasteiger partial charge in [0.05, 0.1) is 5.56 Å². The molecule has 2 aromatic rings. The average molecular weight is 393 g/mol. The maximum absolute atomic E-state index is 13.0. The van der Waals surface area contributed by atoms with Gasteiger partial charge in [0.2, 0.25) is 0 Å². The molecule has 0 radical (unpaired) electrons. The number of anilines is 2. The summed E-state index contributed by atoms with van der Waals surface area (Å²) in [7, 11) is 5.59. The molecule has 2 aliphatic rings. The van der Waals surface area contributed by atoms with Crippen molar-refractivity contribution in [2.45, 2.75) is 25.8 Å². The molecule has 1 aromatic carbocycles. The Hall–Kier alpha value is -3.09. The monoisotopic (exact) mass is 393 g/mol. The lowest BCUT2D eigenvalue weighted by Crippen LogP contribution is -2.42. The van der Waals surface area contributed by atoms with Crippen molar-refractivity contribution in [3.05, 3.63) is 52.8 Å². The number of hydrogen-bond acceptors (Lipinski definition) is 4. The topological polar surface area (TPSA) is 68.8 Å². The predicted molar refractivity (Wildman–Crippen MR) is 113 cm³/mol. The number of benzene rings is 1. The van der Waals surface area contributed by atoms with Crippen molar-refractivity contribution in [3.8, 4) is 0 Å². The second-order valence-electron chi connectivity index (χ2n) is 8.00. The molecule has 0 spiro atoms. The molecule has 152 valence electrons. The van der Waals surface area contributed by atoms with Crippen LogP contribution in [-0.4, -0.2) is 61.0 Å². The Morgan fingerprint density at radius 3 is 2.72 bits per heavy atom. The smallest absolute Gasteiger partial charge is 0.319 e. The van der Waals surface area contributed by atoms with Crippen molar-refractivity contribution >= 4 is 23.3 Å². The summed E-state index contributed by atoms with van der Waals surface area (Å²) in [5.74, 6) is -0.147. The van der Waals surface area contributed by atoms with Crippen molar-refractivity contribution in [1.82, 2.24) is 14.8 Å². The molecule has 4 rings (SSSR count). The van der Waals surface area contributed by atoms with Crippen molar-refractivity contribution in [3.63, 3.8) is 0 Å². The summed E-state index contributed by atoms with van der Waals surface area (Å²) in [6.07, 6.45) is 6.19. The van der Waals surface area contributed by atoms with Gasteiger partial charge in [0.25, 0.3) is 5.91 Å². The Morgan fingerprint density at radius 1 is 1.10 bits per heavy atom. The highest BCUT2D eigenvalue weighted by Crippen LogP contribution is 2.29. The zero-order chi connectivity index (χ0) is 20.5. The van der Waals surface area contributed by atoms with Crippen LogP contribution in [0.3, 0.4) is 0 Å². The number of amides is 3. The summed E-state index contributed by atoms with van der Waals surface area (Å²) in [5.41, 5.74) is 5.82. The maximum atomic E-state index is 13.0. The minimum absolute atomic E-state index is 0.0236. The first-order chi connectivity index (χ1) is 13.9. The van der Waals surface area contributed by atoms with Gasteiger partial charge in [-0.15, -0.1) is 0 Å². The van der Waals surface area contributed by atoms with Crippen LogP contribution in [0.2, 0.25) is 0 Å². The van der Waals surface area contributed by atoms with E-state index in [1.807, 2.05) is 6.07 Å². The van der Waals surface area contributed by atoms with Gasteiger partial charge in [-0.1, -0.05) is 0 Å². The largest absolute Gasteiger partial charge is 0.374 e. The summed E-state index contributed by atoms with van der Waals surface area (Å²) in [5, 5.41) is 3.04. The third-order valence-electron chi connectivity index (χ3n) is 5.73. The van der Waals surface area contributed by atoms with Crippen LogP contribution in [0.15, 0.2) is 30.6 Å². The van der Waals surface area contributed by atoms with Gasteiger partial charge in [-0.05, 0) is 54.2 Å². The van der Waals surface area contributed by atoms with E-state index in [-0.39, 0.29) is 11.9 Å². The van der Waals surface area contributed by atoms with Crippen LogP contribution in [0.4, 0.5) is 16.2 Å². The summed E-state index contributed by atoms with van der Waals surface area (Å²) in [6.45, 7) is 2.14. The number of nitrogens with zero attached hydrogens (tertiary/aromatic N) is 4. The number of rotatable bonds is 2. The molecule has 0 bridgehead atoms.